The van der Waals surface area contributed by atoms with Crippen molar-refractivity contribution in [3.63, 3.8) is 0 Å². The molecule has 0 aliphatic carbocycles. The van der Waals surface area contributed by atoms with Crippen molar-refractivity contribution in [1.82, 2.24) is 9.97 Å². The molecule has 18 heavy (non-hydrogen) atoms. The van der Waals surface area contributed by atoms with Gasteiger partial charge in [-0.15, -0.1) is 0 Å². The number of nitrogens with zero attached hydrogens (tertiary/aromatic N) is 1. The summed E-state index contributed by atoms with van der Waals surface area (Å²) in [4.78, 5) is 18.7. The van der Waals surface area contributed by atoms with Crippen molar-refractivity contribution in [3.05, 3.63) is 41.9 Å². The molecular formula is C14H17N3O. The van der Waals surface area contributed by atoms with Crippen LogP contribution in [0.25, 0.3) is 11.3 Å². The number of primary amides is 1. The molecule has 0 saturated carbocycles. The summed E-state index contributed by atoms with van der Waals surface area (Å²) in [7, 11) is 0. The normalized spacial score (nSPS) is 11.5. The minimum atomic E-state index is -0.418. The van der Waals surface area contributed by atoms with Crippen LogP contribution in [0.5, 0.6) is 0 Å². The summed E-state index contributed by atoms with van der Waals surface area (Å²) >= 11 is 0. The summed E-state index contributed by atoms with van der Waals surface area (Å²) in [6, 6.07) is 7.12. The number of imidazole rings is 1. The quantitative estimate of drug-likeness (QED) is 0.850. The van der Waals surface area contributed by atoms with Crippen molar-refractivity contribution in [2.24, 2.45) is 5.73 Å². The molecule has 4 heteroatoms. The van der Waals surface area contributed by atoms with Crippen molar-refractivity contribution in [1.29, 1.82) is 0 Å². The second kappa shape index (κ2) is 4.29. The van der Waals surface area contributed by atoms with E-state index in [1.165, 1.54) is 0 Å². The Labute approximate surface area is 106 Å². The zero-order valence-electron chi connectivity index (χ0n) is 10.8. The molecule has 4 nitrogen and oxygen atoms in total. The van der Waals surface area contributed by atoms with Gasteiger partial charge >= 0.3 is 0 Å². The Kier molecular flexibility index (Phi) is 2.95. The molecule has 0 aliphatic heterocycles. The van der Waals surface area contributed by atoms with Gasteiger partial charge in [-0.25, -0.2) is 4.98 Å². The molecular weight excluding hydrogens is 226 g/mol. The summed E-state index contributed by atoms with van der Waals surface area (Å²) in [5.41, 5.74) is 7.54. The average Bonchev–Trinajstić information content (AvgIpc) is 2.78. The fraction of sp³-hybridized carbons (Fsp3) is 0.286. The van der Waals surface area contributed by atoms with Crippen LogP contribution in [0.3, 0.4) is 0 Å². The van der Waals surface area contributed by atoms with Gasteiger partial charge in [0.2, 0.25) is 5.91 Å². The summed E-state index contributed by atoms with van der Waals surface area (Å²) in [5.74, 6) is 0.524. The van der Waals surface area contributed by atoms with Crippen LogP contribution in [0, 0.1) is 0 Å². The number of nitrogens with one attached hydrogen (secondary N) is 1. The number of aromatic nitrogens is 2. The van der Waals surface area contributed by atoms with Gasteiger partial charge in [-0.1, -0.05) is 32.9 Å². The molecule has 1 aromatic heterocycles. The highest BCUT2D eigenvalue weighted by molar-refractivity contribution is 5.93. The lowest BCUT2D eigenvalue weighted by molar-refractivity contribution is 0.100. The number of amides is 1. The first-order chi connectivity index (χ1) is 8.38. The highest BCUT2D eigenvalue weighted by Crippen LogP contribution is 2.23. The van der Waals surface area contributed by atoms with Crippen LogP contribution in [-0.2, 0) is 5.41 Å². The van der Waals surface area contributed by atoms with E-state index in [-0.39, 0.29) is 5.41 Å². The zero-order chi connectivity index (χ0) is 13.3. The molecule has 0 aliphatic rings. The monoisotopic (exact) mass is 243 g/mol. The van der Waals surface area contributed by atoms with E-state index in [0.29, 0.717) is 5.56 Å². The maximum Gasteiger partial charge on any atom is 0.248 e. The van der Waals surface area contributed by atoms with Crippen LogP contribution in [0.15, 0.2) is 30.5 Å². The van der Waals surface area contributed by atoms with Crippen molar-refractivity contribution in [3.8, 4) is 11.3 Å². The predicted octanol–water partition coefficient (Wildman–Crippen LogP) is 2.47. The average molecular weight is 243 g/mol. The molecule has 3 N–H and O–H groups in total. The van der Waals surface area contributed by atoms with Crippen molar-refractivity contribution in [2.75, 3.05) is 0 Å². The first-order valence-corrected chi connectivity index (χ1v) is 5.84. The molecule has 0 spiro atoms. The fourth-order valence-electron chi connectivity index (χ4n) is 1.66. The van der Waals surface area contributed by atoms with E-state index in [9.17, 15) is 4.79 Å². The van der Waals surface area contributed by atoms with Gasteiger partial charge in [-0.2, -0.15) is 0 Å². The van der Waals surface area contributed by atoms with Gasteiger partial charge in [0.1, 0.15) is 5.82 Å². The Hall–Kier alpha value is -2.10. The molecule has 0 unspecified atom stereocenters. The number of carbonyl (C=O) groups is 1. The van der Waals surface area contributed by atoms with E-state index in [1.807, 2.05) is 18.3 Å². The Morgan fingerprint density at radius 3 is 2.28 bits per heavy atom. The summed E-state index contributed by atoms with van der Waals surface area (Å²) in [5, 5.41) is 0. The molecule has 0 saturated heterocycles. The van der Waals surface area contributed by atoms with Crippen LogP contribution >= 0.6 is 0 Å². The SMILES string of the molecule is CC(C)(C)c1nc(-c2ccc(C(N)=O)cc2)c[nH]1. The second-order valence-electron chi connectivity index (χ2n) is 5.33. The second-order valence-corrected chi connectivity index (χ2v) is 5.33. The molecule has 0 atom stereocenters. The Bertz CT molecular complexity index is 561. The molecule has 1 aromatic carbocycles. The maximum absolute atomic E-state index is 11.0. The van der Waals surface area contributed by atoms with Gasteiger partial charge < -0.3 is 10.7 Å². The summed E-state index contributed by atoms with van der Waals surface area (Å²) in [6.45, 7) is 6.31. The predicted molar refractivity (Wildman–Crippen MR) is 71.2 cm³/mol. The van der Waals surface area contributed by atoms with Crippen LogP contribution in [0.4, 0.5) is 0 Å². The summed E-state index contributed by atoms with van der Waals surface area (Å²) in [6.07, 6.45) is 1.87. The number of aromatic amines is 1. The van der Waals surface area contributed by atoms with Crippen molar-refractivity contribution >= 4 is 5.91 Å². The molecule has 0 fully saturated rings. The largest absolute Gasteiger partial charge is 0.366 e. The summed E-state index contributed by atoms with van der Waals surface area (Å²) < 4.78 is 0. The molecule has 1 heterocycles. The molecule has 94 valence electrons. The fourth-order valence-corrected chi connectivity index (χ4v) is 1.66. The van der Waals surface area contributed by atoms with Gasteiger partial charge in [-0.05, 0) is 12.1 Å². The van der Waals surface area contributed by atoms with Crippen molar-refractivity contribution < 1.29 is 4.79 Å². The van der Waals surface area contributed by atoms with Crippen LogP contribution in [-0.4, -0.2) is 15.9 Å². The number of hydrogen-bond donors (Lipinski definition) is 2. The first kappa shape index (κ1) is 12.4. The van der Waals surface area contributed by atoms with Gasteiger partial charge in [0.15, 0.2) is 0 Å². The Morgan fingerprint density at radius 1 is 1.22 bits per heavy atom. The van der Waals surface area contributed by atoms with Crippen LogP contribution < -0.4 is 5.73 Å². The van der Waals surface area contributed by atoms with Crippen LogP contribution in [0.2, 0.25) is 0 Å². The third-order valence-electron chi connectivity index (χ3n) is 2.75. The molecule has 2 aromatic rings. The lowest BCUT2D eigenvalue weighted by Gasteiger charge is -2.13. The highest BCUT2D eigenvalue weighted by atomic mass is 16.1. The van der Waals surface area contributed by atoms with E-state index in [2.05, 4.69) is 30.7 Å². The minimum Gasteiger partial charge on any atom is -0.366 e. The number of hydrogen-bond acceptors (Lipinski definition) is 2. The Morgan fingerprint density at radius 2 is 1.83 bits per heavy atom. The smallest absolute Gasteiger partial charge is 0.248 e. The standard InChI is InChI=1S/C14H17N3O/c1-14(2,3)13-16-8-11(17-13)9-4-6-10(7-5-9)12(15)18/h4-8H,1-3H3,(H2,15,18)(H,16,17). The number of nitrogens with two attached hydrogens (primary N) is 1. The van der Waals surface area contributed by atoms with Crippen LogP contribution in [0.1, 0.15) is 37.0 Å². The number of carbonyl (C=O) groups excluding carboxylic acids is 1. The third kappa shape index (κ3) is 2.42. The maximum atomic E-state index is 11.0. The molecule has 2 rings (SSSR count). The van der Waals surface area contributed by atoms with Gasteiger partial charge in [0.05, 0.1) is 5.69 Å². The lowest BCUT2D eigenvalue weighted by Crippen LogP contribution is -2.13. The molecule has 0 bridgehead atoms. The topological polar surface area (TPSA) is 71.8 Å². The van der Waals surface area contributed by atoms with Gasteiger partial charge in [-0.3, -0.25) is 4.79 Å². The number of H-pyrrole nitrogens is 1. The van der Waals surface area contributed by atoms with Gasteiger partial charge in [0.25, 0.3) is 0 Å². The van der Waals surface area contributed by atoms with E-state index in [0.717, 1.165) is 17.1 Å². The first-order valence-electron chi connectivity index (χ1n) is 5.84. The third-order valence-corrected chi connectivity index (χ3v) is 2.75. The van der Waals surface area contributed by atoms with E-state index >= 15 is 0 Å². The van der Waals surface area contributed by atoms with E-state index in [4.69, 9.17) is 5.73 Å². The Balaban J connectivity index is 2.32. The lowest BCUT2D eigenvalue weighted by atomic mass is 9.96. The highest BCUT2D eigenvalue weighted by Gasteiger charge is 2.17. The number of rotatable bonds is 2. The molecule has 1 amide bonds. The van der Waals surface area contributed by atoms with Gasteiger partial charge in [0, 0.05) is 22.7 Å². The van der Waals surface area contributed by atoms with E-state index < -0.39 is 5.91 Å². The number of benzene rings is 1. The molecule has 0 radical (unpaired) electrons. The zero-order valence-corrected chi connectivity index (χ0v) is 10.8. The van der Waals surface area contributed by atoms with Crippen molar-refractivity contribution in [2.45, 2.75) is 26.2 Å². The van der Waals surface area contributed by atoms with E-state index in [1.54, 1.807) is 12.1 Å². The minimum absolute atomic E-state index is 0.00852.